The molecule has 0 fully saturated rings. The van der Waals surface area contributed by atoms with Gasteiger partial charge in [0.05, 0.1) is 18.8 Å². The Kier molecular flexibility index (Phi) is 4.56. The molecular weight excluding hydrogens is 245 g/mol. The minimum Gasteiger partial charge on any atom is -0.456 e. The number of halogens is 1. The average Bonchev–Trinajstić information content (AvgIpc) is 2.79. The van der Waals surface area contributed by atoms with Crippen molar-refractivity contribution in [3.05, 3.63) is 35.8 Å². The fourth-order valence-corrected chi connectivity index (χ4v) is 2.00. The van der Waals surface area contributed by atoms with Gasteiger partial charge in [-0.1, -0.05) is 19.1 Å². The second-order valence-corrected chi connectivity index (χ2v) is 4.80. The molecule has 1 heterocycles. The average molecular weight is 265 g/mol. The van der Waals surface area contributed by atoms with E-state index in [1.807, 2.05) is 32.9 Å². The van der Waals surface area contributed by atoms with E-state index < -0.39 is 0 Å². The van der Waals surface area contributed by atoms with E-state index in [1.165, 1.54) is 6.07 Å². The SMILES string of the molecule is CCNC(COC(C)C)c1cc2cccc(F)c2o1. The number of hydrogen-bond acceptors (Lipinski definition) is 3. The predicted molar refractivity (Wildman–Crippen MR) is 73.7 cm³/mol. The molecule has 104 valence electrons. The molecule has 0 radical (unpaired) electrons. The van der Waals surface area contributed by atoms with Crippen LogP contribution in [0.3, 0.4) is 0 Å². The van der Waals surface area contributed by atoms with Crippen LogP contribution in [-0.2, 0) is 4.74 Å². The summed E-state index contributed by atoms with van der Waals surface area (Å²) in [5.74, 6) is 0.381. The number of hydrogen-bond donors (Lipinski definition) is 1. The predicted octanol–water partition coefficient (Wildman–Crippen LogP) is 3.65. The first-order valence-electron chi connectivity index (χ1n) is 6.64. The van der Waals surface area contributed by atoms with Gasteiger partial charge in [-0.3, -0.25) is 0 Å². The first kappa shape index (κ1) is 14.0. The van der Waals surface area contributed by atoms with Crippen molar-refractivity contribution >= 4 is 11.0 Å². The molecule has 1 aromatic carbocycles. The molecule has 1 atom stereocenters. The first-order valence-corrected chi connectivity index (χ1v) is 6.64. The van der Waals surface area contributed by atoms with Crippen molar-refractivity contribution in [2.75, 3.05) is 13.2 Å². The maximum Gasteiger partial charge on any atom is 0.169 e. The molecule has 0 amide bonds. The molecular formula is C15H20FNO2. The normalized spacial score (nSPS) is 13.3. The number of ether oxygens (including phenoxy) is 1. The molecule has 0 spiro atoms. The largest absolute Gasteiger partial charge is 0.456 e. The third kappa shape index (κ3) is 3.33. The lowest BCUT2D eigenvalue weighted by Crippen LogP contribution is -2.26. The zero-order chi connectivity index (χ0) is 13.8. The van der Waals surface area contributed by atoms with Gasteiger partial charge in [0.2, 0.25) is 0 Å². The van der Waals surface area contributed by atoms with Gasteiger partial charge >= 0.3 is 0 Å². The number of nitrogens with one attached hydrogen (secondary N) is 1. The first-order chi connectivity index (χ1) is 9.11. The minimum absolute atomic E-state index is 0.0563. The summed E-state index contributed by atoms with van der Waals surface area (Å²) in [5, 5.41) is 4.07. The van der Waals surface area contributed by atoms with Crippen LogP contribution in [0.1, 0.15) is 32.6 Å². The van der Waals surface area contributed by atoms with Gasteiger partial charge in [-0.25, -0.2) is 4.39 Å². The van der Waals surface area contributed by atoms with Gasteiger partial charge in [-0.2, -0.15) is 0 Å². The van der Waals surface area contributed by atoms with Crippen LogP contribution in [0.5, 0.6) is 0 Å². The van der Waals surface area contributed by atoms with E-state index in [2.05, 4.69) is 5.32 Å². The Balaban J connectivity index is 2.25. The van der Waals surface area contributed by atoms with Gasteiger partial charge in [-0.15, -0.1) is 0 Å². The molecule has 1 aromatic heterocycles. The molecule has 0 aliphatic carbocycles. The third-order valence-electron chi connectivity index (χ3n) is 2.91. The highest BCUT2D eigenvalue weighted by Crippen LogP contribution is 2.26. The van der Waals surface area contributed by atoms with Gasteiger partial charge in [0.1, 0.15) is 5.76 Å². The van der Waals surface area contributed by atoms with Crippen LogP contribution < -0.4 is 5.32 Å². The molecule has 0 aliphatic rings. The van der Waals surface area contributed by atoms with Gasteiger partial charge in [0, 0.05) is 5.39 Å². The van der Waals surface area contributed by atoms with Crippen molar-refractivity contribution in [3.8, 4) is 0 Å². The third-order valence-corrected chi connectivity index (χ3v) is 2.91. The number of para-hydroxylation sites is 1. The number of furan rings is 1. The Morgan fingerprint density at radius 3 is 2.79 bits per heavy atom. The highest BCUT2D eigenvalue weighted by Gasteiger charge is 2.17. The Morgan fingerprint density at radius 2 is 2.16 bits per heavy atom. The van der Waals surface area contributed by atoms with Crippen molar-refractivity contribution in [3.63, 3.8) is 0 Å². The topological polar surface area (TPSA) is 34.4 Å². The highest BCUT2D eigenvalue weighted by atomic mass is 19.1. The summed E-state index contributed by atoms with van der Waals surface area (Å²) >= 11 is 0. The maximum atomic E-state index is 13.6. The van der Waals surface area contributed by atoms with Crippen LogP contribution in [-0.4, -0.2) is 19.3 Å². The number of benzene rings is 1. The zero-order valence-electron chi connectivity index (χ0n) is 11.6. The van der Waals surface area contributed by atoms with Gasteiger partial charge in [0.25, 0.3) is 0 Å². The molecule has 1 N–H and O–H groups in total. The van der Waals surface area contributed by atoms with Crippen LogP contribution in [0.25, 0.3) is 11.0 Å². The van der Waals surface area contributed by atoms with E-state index in [1.54, 1.807) is 6.07 Å². The van der Waals surface area contributed by atoms with Crippen molar-refractivity contribution in [2.24, 2.45) is 0 Å². The maximum absolute atomic E-state index is 13.6. The molecule has 0 bridgehead atoms. The van der Waals surface area contributed by atoms with Crippen molar-refractivity contribution in [2.45, 2.75) is 32.9 Å². The minimum atomic E-state index is -0.330. The molecule has 2 rings (SSSR count). The van der Waals surface area contributed by atoms with E-state index in [-0.39, 0.29) is 18.0 Å². The summed E-state index contributed by atoms with van der Waals surface area (Å²) in [7, 11) is 0. The van der Waals surface area contributed by atoms with Crippen molar-refractivity contribution in [1.82, 2.24) is 5.32 Å². The van der Waals surface area contributed by atoms with Crippen molar-refractivity contribution in [1.29, 1.82) is 0 Å². The molecule has 0 aliphatic heterocycles. The Morgan fingerprint density at radius 1 is 1.37 bits per heavy atom. The van der Waals surface area contributed by atoms with E-state index in [9.17, 15) is 4.39 Å². The van der Waals surface area contributed by atoms with Crippen LogP contribution in [0.15, 0.2) is 28.7 Å². The molecule has 4 heteroatoms. The Labute approximate surface area is 112 Å². The summed E-state index contributed by atoms with van der Waals surface area (Å²) in [4.78, 5) is 0. The lowest BCUT2D eigenvalue weighted by Gasteiger charge is -2.17. The Hall–Kier alpha value is -1.39. The van der Waals surface area contributed by atoms with E-state index in [0.717, 1.165) is 11.9 Å². The van der Waals surface area contributed by atoms with Gasteiger partial charge in [-0.05, 0) is 32.5 Å². The summed E-state index contributed by atoms with van der Waals surface area (Å²) in [6.07, 6.45) is 0.155. The van der Waals surface area contributed by atoms with Crippen LogP contribution >= 0.6 is 0 Å². The summed E-state index contributed by atoms with van der Waals surface area (Å²) in [6.45, 7) is 7.30. The van der Waals surface area contributed by atoms with E-state index >= 15 is 0 Å². The molecule has 19 heavy (non-hydrogen) atoms. The van der Waals surface area contributed by atoms with Gasteiger partial charge < -0.3 is 14.5 Å². The molecule has 1 unspecified atom stereocenters. The summed E-state index contributed by atoms with van der Waals surface area (Å²) in [6, 6.07) is 6.75. The smallest absolute Gasteiger partial charge is 0.169 e. The molecule has 2 aromatic rings. The summed E-state index contributed by atoms with van der Waals surface area (Å²) < 4.78 is 24.9. The molecule has 0 saturated carbocycles. The number of fused-ring (bicyclic) bond motifs is 1. The van der Waals surface area contributed by atoms with Crippen molar-refractivity contribution < 1.29 is 13.5 Å². The second-order valence-electron chi connectivity index (χ2n) is 4.80. The fraction of sp³-hybridized carbons (Fsp3) is 0.467. The fourth-order valence-electron chi connectivity index (χ4n) is 2.00. The van der Waals surface area contributed by atoms with Crippen LogP contribution in [0.4, 0.5) is 4.39 Å². The lowest BCUT2D eigenvalue weighted by atomic mass is 10.2. The van der Waals surface area contributed by atoms with Gasteiger partial charge in [0.15, 0.2) is 11.4 Å². The molecule has 3 nitrogen and oxygen atoms in total. The Bertz CT molecular complexity index is 536. The lowest BCUT2D eigenvalue weighted by molar-refractivity contribution is 0.0574. The van der Waals surface area contributed by atoms with Crippen LogP contribution in [0.2, 0.25) is 0 Å². The number of rotatable bonds is 6. The zero-order valence-corrected chi connectivity index (χ0v) is 11.6. The second kappa shape index (κ2) is 6.17. The standard InChI is InChI=1S/C15H20FNO2/c1-4-17-13(9-18-10(2)3)14-8-11-6-5-7-12(16)15(11)19-14/h5-8,10,13,17H,4,9H2,1-3H3. The highest BCUT2D eigenvalue weighted by molar-refractivity contribution is 5.78. The van der Waals surface area contributed by atoms with Crippen LogP contribution in [0, 0.1) is 5.82 Å². The van der Waals surface area contributed by atoms with E-state index in [4.69, 9.17) is 9.15 Å². The number of likely N-dealkylation sites (N-methyl/N-ethyl adjacent to an activating group) is 1. The monoisotopic (exact) mass is 265 g/mol. The van der Waals surface area contributed by atoms with E-state index in [0.29, 0.717) is 18.0 Å². The quantitative estimate of drug-likeness (QED) is 0.865. The molecule has 0 saturated heterocycles. The summed E-state index contributed by atoms with van der Waals surface area (Å²) in [5.41, 5.74) is 0.310.